The van der Waals surface area contributed by atoms with Crippen molar-refractivity contribution in [2.24, 2.45) is 5.92 Å². The first kappa shape index (κ1) is 13.9. The summed E-state index contributed by atoms with van der Waals surface area (Å²) in [4.78, 5) is 10.8. The Morgan fingerprint density at radius 3 is 2.60 bits per heavy atom. The molecule has 0 saturated carbocycles. The van der Waals surface area contributed by atoms with Gasteiger partial charge in [0.25, 0.3) is 0 Å². The van der Waals surface area contributed by atoms with Crippen LogP contribution in [0.4, 0.5) is 0 Å². The minimum Gasteiger partial charge on any atom is -0.434 e. The number of hydrogen-bond acceptors (Lipinski definition) is 2. The van der Waals surface area contributed by atoms with Crippen molar-refractivity contribution in [2.75, 3.05) is 0 Å². The fourth-order valence-electron chi connectivity index (χ4n) is 1.00. The van der Waals surface area contributed by atoms with Crippen LogP contribution >= 0.6 is 0 Å². The Balaban J connectivity index is 3.78. The van der Waals surface area contributed by atoms with Gasteiger partial charge in [-0.3, -0.25) is 4.79 Å². The van der Waals surface area contributed by atoms with Crippen molar-refractivity contribution < 1.29 is 9.53 Å². The predicted octanol–water partition coefficient (Wildman–Crippen LogP) is 3.84. The second-order valence-corrected chi connectivity index (χ2v) is 4.12. The quantitative estimate of drug-likeness (QED) is 0.378. The van der Waals surface area contributed by atoms with Gasteiger partial charge in [0.05, 0.1) is 6.26 Å². The van der Waals surface area contributed by atoms with Gasteiger partial charge in [-0.05, 0) is 31.8 Å². The second-order valence-electron chi connectivity index (χ2n) is 4.12. The monoisotopic (exact) mass is 210 g/mol. The summed E-state index contributed by atoms with van der Waals surface area (Å²) >= 11 is 0. The van der Waals surface area contributed by atoms with E-state index in [0.29, 0.717) is 6.42 Å². The van der Waals surface area contributed by atoms with Crippen LogP contribution in [0.3, 0.4) is 0 Å². The second kappa shape index (κ2) is 8.27. The molecule has 0 aromatic carbocycles. The van der Waals surface area contributed by atoms with Gasteiger partial charge in [0.2, 0.25) is 0 Å². The molecule has 0 bridgehead atoms. The number of carbonyl (C=O) groups excluding carboxylic acids is 1. The molecule has 0 aliphatic rings. The minimum atomic E-state index is -0.195. The third kappa shape index (κ3) is 9.26. The summed E-state index contributed by atoms with van der Waals surface area (Å²) in [5.41, 5.74) is 1.31. The summed E-state index contributed by atoms with van der Waals surface area (Å²) in [5, 5.41) is 0. The number of rotatable bonds is 6. The standard InChI is InChI=1S/C13H22O2/c1-5-13(14)15-10-6-7-12(4)9-8-11(2)3/h6-7,10-11H,5,8-9H2,1-4H3/b10-6+,12-7+. The van der Waals surface area contributed by atoms with Crippen molar-refractivity contribution in [2.45, 2.75) is 47.0 Å². The lowest BCUT2D eigenvalue weighted by Gasteiger charge is -2.03. The minimum absolute atomic E-state index is 0.195. The molecule has 2 nitrogen and oxygen atoms in total. The zero-order chi connectivity index (χ0) is 11.7. The van der Waals surface area contributed by atoms with E-state index >= 15 is 0 Å². The molecule has 0 aliphatic heterocycles. The largest absolute Gasteiger partial charge is 0.434 e. The molecule has 2 heteroatoms. The molecule has 0 atom stereocenters. The maximum Gasteiger partial charge on any atom is 0.310 e. The van der Waals surface area contributed by atoms with Crippen molar-refractivity contribution in [1.29, 1.82) is 0 Å². The van der Waals surface area contributed by atoms with Crippen LogP contribution in [0.25, 0.3) is 0 Å². The molecule has 0 amide bonds. The van der Waals surface area contributed by atoms with Crippen molar-refractivity contribution >= 4 is 5.97 Å². The molecule has 86 valence electrons. The summed E-state index contributed by atoms with van der Waals surface area (Å²) in [5.74, 6) is 0.537. The normalized spacial score (nSPS) is 12.5. The number of allylic oxidation sites excluding steroid dienone is 3. The van der Waals surface area contributed by atoms with Gasteiger partial charge in [0.1, 0.15) is 0 Å². The van der Waals surface area contributed by atoms with Gasteiger partial charge >= 0.3 is 5.97 Å². The summed E-state index contributed by atoms with van der Waals surface area (Å²) < 4.78 is 4.80. The van der Waals surface area contributed by atoms with Gasteiger partial charge in [0, 0.05) is 6.42 Å². The molecular weight excluding hydrogens is 188 g/mol. The Bertz CT molecular complexity index is 237. The fraction of sp³-hybridized carbons (Fsp3) is 0.615. The highest BCUT2D eigenvalue weighted by Gasteiger charge is 1.94. The third-order valence-corrected chi connectivity index (χ3v) is 2.06. The summed E-state index contributed by atoms with van der Waals surface area (Å²) in [7, 11) is 0. The Hall–Kier alpha value is -1.05. The first-order valence-electron chi connectivity index (χ1n) is 5.58. The average molecular weight is 210 g/mol. The molecule has 0 N–H and O–H groups in total. The van der Waals surface area contributed by atoms with Crippen LogP contribution in [-0.4, -0.2) is 5.97 Å². The zero-order valence-electron chi connectivity index (χ0n) is 10.2. The van der Waals surface area contributed by atoms with Crippen molar-refractivity contribution in [3.63, 3.8) is 0 Å². The predicted molar refractivity (Wildman–Crippen MR) is 63.4 cm³/mol. The number of hydrogen-bond donors (Lipinski definition) is 0. The van der Waals surface area contributed by atoms with E-state index in [1.807, 2.05) is 6.08 Å². The van der Waals surface area contributed by atoms with Crippen molar-refractivity contribution in [3.05, 3.63) is 24.0 Å². The fourth-order valence-corrected chi connectivity index (χ4v) is 1.00. The van der Waals surface area contributed by atoms with E-state index in [4.69, 9.17) is 4.74 Å². The highest BCUT2D eigenvalue weighted by atomic mass is 16.5. The SMILES string of the molecule is CCC(=O)O/C=C/C=C(\C)CCC(C)C. The van der Waals surface area contributed by atoms with Gasteiger partial charge in [-0.15, -0.1) is 0 Å². The van der Waals surface area contributed by atoms with Crippen molar-refractivity contribution in [3.8, 4) is 0 Å². The number of carbonyl (C=O) groups is 1. The van der Waals surface area contributed by atoms with Gasteiger partial charge in [-0.1, -0.05) is 32.4 Å². The van der Waals surface area contributed by atoms with Gasteiger partial charge < -0.3 is 4.74 Å². The Labute approximate surface area is 93.0 Å². The molecule has 15 heavy (non-hydrogen) atoms. The van der Waals surface area contributed by atoms with E-state index < -0.39 is 0 Å². The van der Waals surface area contributed by atoms with Crippen LogP contribution in [-0.2, 0) is 9.53 Å². The third-order valence-electron chi connectivity index (χ3n) is 2.06. The van der Waals surface area contributed by atoms with E-state index in [2.05, 4.69) is 20.8 Å². The summed E-state index contributed by atoms with van der Waals surface area (Å²) in [6.07, 6.45) is 7.94. The molecule has 0 spiro atoms. The molecule has 0 radical (unpaired) electrons. The van der Waals surface area contributed by atoms with Crippen LogP contribution in [0, 0.1) is 5.92 Å². The van der Waals surface area contributed by atoms with Crippen molar-refractivity contribution in [1.82, 2.24) is 0 Å². The highest BCUT2D eigenvalue weighted by Crippen LogP contribution is 2.10. The van der Waals surface area contributed by atoms with E-state index in [1.165, 1.54) is 18.3 Å². The topological polar surface area (TPSA) is 26.3 Å². The molecule has 0 rings (SSSR count). The molecule has 0 aliphatic carbocycles. The summed E-state index contributed by atoms with van der Waals surface area (Å²) in [6, 6.07) is 0. The van der Waals surface area contributed by atoms with Crippen LogP contribution < -0.4 is 0 Å². The lowest BCUT2D eigenvalue weighted by molar-refractivity contribution is -0.137. The molecule has 0 aromatic heterocycles. The molecule has 0 heterocycles. The number of ether oxygens (including phenoxy) is 1. The molecule has 0 saturated heterocycles. The smallest absolute Gasteiger partial charge is 0.310 e. The first-order chi connectivity index (χ1) is 7.06. The lowest BCUT2D eigenvalue weighted by Crippen LogP contribution is -1.94. The Morgan fingerprint density at radius 2 is 2.07 bits per heavy atom. The molecule has 0 unspecified atom stereocenters. The highest BCUT2D eigenvalue weighted by molar-refractivity contribution is 5.69. The van der Waals surface area contributed by atoms with E-state index in [9.17, 15) is 4.79 Å². The van der Waals surface area contributed by atoms with Crippen LogP contribution in [0.15, 0.2) is 24.0 Å². The maximum absolute atomic E-state index is 10.8. The van der Waals surface area contributed by atoms with Crippen LogP contribution in [0.2, 0.25) is 0 Å². The maximum atomic E-state index is 10.8. The Morgan fingerprint density at radius 1 is 1.40 bits per heavy atom. The van der Waals surface area contributed by atoms with Gasteiger partial charge in [-0.25, -0.2) is 0 Å². The zero-order valence-corrected chi connectivity index (χ0v) is 10.2. The van der Waals surface area contributed by atoms with Crippen LogP contribution in [0.1, 0.15) is 47.0 Å². The lowest BCUT2D eigenvalue weighted by atomic mass is 10.0. The number of esters is 1. The van der Waals surface area contributed by atoms with Gasteiger partial charge in [-0.2, -0.15) is 0 Å². The van der Waals surface area contributed by atoms with Crippen LogP contribution in [0.5, 0.6) is 0 Å². The molecule has 0 aromatic rings. The van der Waals surface area contributed by atoms with Gasteiger partial charge in [0.15, 0.2) is 0 Å². The first-order valence-corrected chi connectivity index (χ1v) is 5.58. The molecule has 0 fully saturated rings. The summed E-state index contributed by atoms with van der Waals surface area (Å²) in [6.45, 7) is 8.30. The van der Waals surface area contributed by atoms with E-state index in [0.717, 1.165) is 12.3 Å². The average Bonchev–Trinajstić information content (AvgIpc) is 2.21. The van der Waals surface area contributed by atoms with E-state index in [1.54, 1.807) is 13.0 Å². The molecular formula is C13H22O2. The van der Waals surface area contributed by atoms with E-state index in [-0.39, 0.29) is 5.97 Å². The Kier molecular flexibility index (Phi) is 7.69.